The monoisotopic (exact) mass is 364 g/mol. The molecule has 1 aromatic heterocycles. The number of nitrogens with zero attached hydrogens (tertiary/aromatic N) is 3. The van der Waals surface area contributed by atoms with Gasteiger partial charge in [0.1, 0.15) is 16.6 Å². The zero-order valence-electron chi connectivity index (χ0n) is 14.9. The van der Waals surface area contributed by atoms with Crippen molar-refractivity contribution in [2.45, 2.75) is 31.7 Å². The summed E-state index contributed by atoms with van der Waals surface area (Å²) in [6.07, 6.45) is 1.63. The summed E-state index contributed by atoms with van der Waals surface area (Å²) in [5, 5.41) is 14.0. The fraction of sp³-hybridized carbons (Fsp3) is 0.250. The van der Waals surface area contributed by atoms with Crippen molar-refractivity contribution in [1.82, 2.24) is 10.3 Å². The molecule has 2 heterocycles. The van der Waals surface area contributed by atoms with Crippen molar-refractivity contribution in [3.8, 4) is 6.07 Å². The highest BCUT2D eigenvalue weighted by molar-refractivity contribution is 8.02. The lowest BCUT2D eigenvalue weighted by Gasteiger charge is -2.28. The standard InChI is InChI=1S/C20H20N4OS/c1-14-12-26-19(15-7-5-4-6-8-15)24(14)16-9-10-22-17(11-16)18(25)23-20(2,3)13-21/h4-12,19H,1-3H3,(H,23,25). The number of rotatable bonds is 4. The maximum atomic E-state index is 12.5. The van der Waals surface area contributed by atoms with Crippen molar-refractivity contribution < 1.29 is 4.79 Å². The van der Waals surface area contributed by atoms with Crippen molar-refractivity contribution in [3.63, 3.8) is 0 Å². The Bertz CT molecular complexity index is 886. The Balaban J connectivity index is 1.90. The molecule has 1 unspecified atom stereocenters. The number of carbonyl (C=O) groups excluding carboxylic acids is 1. The van der Waals surface area contributed by atoms with Gasteiger partial charge in [-0.2, -0.15) is 5.26 Å². The summed E-state index contributed by atoms with van der Waals surface area (Å²) in [6, 6.07) is 16.0. The normalized spacial score (nSPS) is 16.8. The van der Waals surface area contributed by atoms with Crippen LogP contribution in [0.5, 0.6) is 0 Å². The highest BCUT2D eigenvalue weighted by atomic mass is 32.2. The number of benzene rings is 1. The number of pyridine rings is 1. The van der Waals surface area contributed by atoms with Gasteiger partial charge in [0.15, 0.2) is 0 Å². The van der Waals surface area contributed by atoms with Crippen LogP contribution in [-0.2, 0) is 0 Å². The quantitative estimate of drug-likeness (QED) is 0.879. The van der Waals surface area contributed by atoms with E-state index in [4.69, 9.17) is 5.26 Å². The third-order valence-corrected chi connectivity index (χ3v) is 5.24. The third kappa shape index (κ3) is 3.73. The predicted octanol–water partition coefficient (Wildman–Crippen LogP) is 4.23. The number of thioether (sulfide) groups is 1. The summed E-state index contributed by atoms with van der Waals surface area (Å²) >= 11 is 1.73. The first-order valence-corrected chi connectivity index (χ1v) is 9.22. The van der Waals surface area contributed by atoms with Gasteiger partial charge >= 0.3 is 0 Å². The minimum atomic E-state index is -0.944. The Kier molecular flexibility index (Phi) is 5.01. The van der Waals surface area contributed by atoms with Gasteiger partial charge in [0.2, 0.25) is 0 Å². The van der Waals surface area contributed by atoms with Gasteiger partial charge in [-0.25, -0.2) is 0 Å². The Morgan fingerprint density at radius 1 is 1.31 bits per heavy atom. The molecule has 26 heavy (non-hydrogen) atoms. The minimum absolute atomic E-state index is 0.116. The van der Waals surface area contributed by atoms with Crippen molar-refractivity contribution in [1.29, 1.82) is 5.26 Å². The van der Waals surface area contributed by atoms with Gasteiger partial charge in [-0.15, -0.1) is 11.8 Å². The molecule has 1 aromatic carbocycles. The lowest BCUT2D eigenvalue weighted by molar-refractivity contribution is 0.0924. The second-order valence-electron chi connectivity index (χ2n) is 6.62. The summed E-state index contributed by atoms with van der Waals surface area (Å²) in [6.45, 7) is 5.36. The summed E-state index contributed by atoms with van der Waals surface area (Å²) < 4.78 is 0. The van der Waals surface area contributed by atoms with E-state index in [2.05, 4.69) is 45.7 Å². The SMILES string of the molecule is CC1=CSC(c2ccccc2)N1c1ccnc(C(=O)NC(C)(C)C#N)c1. The maximum Gasteiger partial charge on any atom is 0.271 e. The van der Waals surface area contributed by atoms with Crippen LogP contribution in [0.25, 0.3) is 0 Å². The molecule has 0 fully saturated rings. The molecule has 1 amide bonds. The molecule has 0 saturated carbocycles. The van der Waals surface area contributed by atoms with Gasteiger partial charge in [-0.1, -0.05) is 30.3 Å². The van der Waals surface area contributed by atoms with Gasteiger partial charge in [-0.05, 0) is 43.9 Å². The molecule has 132 valence electrons. The van der Waals surface area contributed by atoms with Crippen LogP contribution in [0, 0.1) is 11.3 Å². The number of allylic oxidation sites excluding steroid dienone is 1. The van der Waals surface area contributed by atoms with Gasteiger partial charge in [-0.3, -0.25) is 9.78 Å². The molecule has 0 spiro atoms. The molecule has 2 aromatic rings. The zero-order valence-corrected chi connectivity index (χ0v) is 15.7. The van der Waals surface area contributed by atoms with E-state index in [9.17, 15) is 4.79 Å². The van der Waals surface area contributed by atoms with Crippen LogP contribution >= 0.6 is 11.8 Å². The molecule has 0 radical (unpaired) electrons. The van der Waals surface area contributed by atoms with E-state index in [-0.39, 0.29) is 11.3 Å². The number of hydrogen-bond donors (Lipinski definition) is 1. The van der Waals surface area contributed by atoms with Gasteiger partial charge < -0.3 is 10.2 Å². The van der Waals surface area contributed by atoms with E-state index in [1.165, 1.54) is 5.56 Å². The Labute approximate surface area is 157 Å². The molecule has 0 bridgehead atoms. The molecule has 0 saturated heterocycles. The van der Waals surface area contributed by atoms with Crippen LogP contribution < -0.4 is 10.2 Å². The second-order valence-corrected chi connectivity index (χ2v) is 7.57. The lowest BCUT2D eigenvalue weighted by atomic mass is 10.1. The van der Waals surface area contributed by atoms with Crippen molar-refractivity contribution in [2.75, 3.05) is 4.90 Å². The van der Waals surface area contributed by atoms with Crippen molar-refractivity contribution >= 4 is 23.4 Å². The summed E-state index contributed by atoms with van der Waals surface area (Å²) in [7, 11) is 0. The summed E-state index contributed by atoms with van der Waals surface area (Å²) in [4.78, 5) is 18.8. The highest BCUT2D eigenvalue weighted by Gasteiger charge is 2.28. The topological polar surface area (TPSA) is 69.0 Å². The lowest BCUT2D eigenvalue weighted by Crippen LogP contribution is -2.42. The number of nitrogens with one attached hydrogen (secondary N) is 1. The average molecular weight is 364 g/mol. The first-order chi connectivity index (χ1) is 12.4. The second kappa shape index (κ2) is 7.22. The highest BCUT2D eigenvalue weighted by Crippen LogP contribution is 2.45. The summed E-state index contributed by atoms with van der Waals surface area (Å²) in [5.74, 6) is -0.358. The number of nitriles is 1. The van der Waals surface area contributed by atoms with Crippen molar-refractivity contribution in [3.05, 3.63) is 71.0 Å². The summed E-state index contributed by atoms with van der Waals surface area (Å²) in [5.41, 5.74) is 2.55. The first-order valence-electron chi connectivity index (χ1n) is 8.27. The van der Waals surface area contributed by atoms with E-state index in [1.54, 1.807) is 37.9 Å². The molecular weight excluding hydrogens is 344 g/mol. The Morgan fingerprint density at radius 3 is 2.73 bits per heavy atom. The van der Waals surface area contributed by atoms with Crippen LogP contribution in [0.2, 0.25) is 0 Å². The van der Waals surface area contributed by atoms with E-state index < -0.39 is 5.54 Å². The molecule has 0 aliphatic carbocycles. The number of amides is 1. The van der Waals surface area contributed by atoms with Crippen LogP contribution in [0.15, 0.2) is 59.8 Å². The Morgan fingerprint density at radius 2 is 2.04 bits per heavy atom. The molecule has 3 rings (SSSR count). The molecule has 1 N–H and O–H groups in total. The van der Waals surface area contributed by atoms with Crippen LogP contribution in [-0.4, -0.2) is 16.4 Å². The average Bonchev–Trinajstić information content (AvgIpc) is 3.04. The smallest absolute Gasteiger partial charge is 0.271 e. The van der Waals surface area contributed by atoms with E-state index in [0.717, 1.165) is 11.4 Å². The van der Waals surface area contributed by atoms with Crippen LogP contribution in [0.1, 0.15) is 42.2 Å². The van der Waals surface area contributed by atoms with Gasteiger partial charge in [0, 0.05) is 17.6 Å². The molecule has 5 nitrogen and oxygen atoms in total. The van der Waals surface area contributed by atoms with Crippen molar-refractivity contribution in [2.24, 2.45) is 0 Å². The first kappa shape index (κ1) is 18.0. The van der Waals surface area contributed by atoms with Crippen LogP contribution in [0.3, 0.4) is 0 Å². The molecule has 1 aliphatic heterocycles. The maximum absolute atomic E-state index is 12.5. The minimum Gasteiger partial charge on any atom is -0.333 e. The molecule has 1 aliphatic rings. The van der Waals surface area contributed by atoms with Gasteiger partial charge in [0.25, 0.3) is 5.91 Å². The number of aromatic nitrogens is 1. The number of anilines is 1. The fourth-order valence-corrected chi connectivity index (χ4v) is 3.88. The third-order valence-electron chi connectivity index (χ3n) is 4.03. The largest absolute Gasteiger partial charge is 0.333 e. The molecule has 6 heteroatoms. The fourth-order valence-electron chi connectivity index (χ4n) is 2.72. The van der Waals surface area contributed by atoms with E-state index >= 15 is 0 Å². The zero-order chi connectivity index (χ0) is 18.7. The predicted molar refractivity (Wildman–Crippen MR) is 104 cm³/mol. The molecular formula is C20H20N4OS. The Hall–Kier alpha value is -2.78. The van der Waals surface area contributed by atoms with Gasteiger partial charge in [0.05, 0.1) is 6.07 Å². The number of carbonyl (C=O) groups is 1. The van der Waals surface area contributed by atoms with E-state index in [1.807, 2.05) is 24.3 Å². The van der Waals surface area contributed by atoms with E-state index in [0.29, 0.717) is 5.69 Å². The van der Waals surface area contributed by atoms with Crippen LogP contribution in [0.4, 0.5) is 5.69 Å². The molecule has 1 atom stereocenters. The number of hydrogen-bond acceptors (Lipinski definition) is 5.